The lowest BCUT2D eigenvalue weighted by atomic mass is 10.1. The largest absolute Gasteiger partial charge is 0.486 e. The van der Waals surface area contributed by atoms with E-state index in [9.17, 15) is 22.8 Å². The third-order valence-corrected chi connectivity index (χ3v) is 6.53. The first-order valence-corrected chi connectivity index (χ1v) is 11.6. The van der Waals surface area contributed by atoms with Crippen molar-refractivity contribution in [2.24, 2.45) is 0 Å². The molecule has 2 aliphatic rings. The molecule has 0 spiro atoms. The topological polar surface area (TPSA) is 77.1 Å². The molecule has 35 heavy (non-hydrogen) atoms. The van der Waals surface area contributed by atoms with Crippen LogP contribution in [0.5, 0.6) is 11.5 Å². The van der Waals surface area contributed by atoms with E-state index in [1.165, 1.54) is 36.3 Å². The minimum atomic E-state index is -4.60. The van der Waals surface area contributed by atoms with Gasteiger partial charge in [0.05, 0.1) is 12.7 Å². The van der Waals surface area contributed by atoms with E-state index in [-0.39, 0.29) is 23.5 Å². The molecule has 2 aromatic rings. The van der Waals surface area contributed by atoms with E-state index in [1.54, 1.807) is 18.2 Å². The maximum atomic E-state index is 13.9. The number of piperazine rings is 1. The number of carbonyl (C=O) groups excluding carboxylic acids is 2. The molecular formula is C24H23F3N2O5S. The van der Waals surface area contributed by atoms with Gasteiger partial charge >= 0.3 is 12.1 Å². The number of fused-ring (bicyclic) bond motifs is 1. The second-order valence-electron chi connectivity index (χ2n) is 7.77. The van der Waals surface area contributed by atoms with Crippen LogP contribution in [0.3, 0.4) is 0 Å². The maximum absolute atomic E-state index is 13.9. The van der Waals surface area contributed by atoms with E-state index in [0.29, 0.717) is 36.2 Å². The summed E-state index contributed by atoms with van der Waals surface area (Å²) in [5, 5.41) is 3.01. The van der Waals surface area contributed by atoms with E-state index in [0.717, 1.165) is 17.8 Å². The minimum absolute atomic E-state index is 0.0190. The number of halogens is 3. The van der Waals surface area contributed by atoms with Gasteiger partial charge in [0, 0.05) is 35.5 Å². The summed E-state index contributed by atoms with van der Waals surface area (Å²) in [6.07, 6.45) is -2.12. The smallest absolute Gasteiger partial charge is 0.417 e. The highest BCUT2D eigenvalue weighted by Crippen LogP contribution is 2.42. The minimum Gasteiger partial charge on any atom is -0.486 e. The summed E-state index contributed by atoms with van der Waals surface area (Å²) in [5.41, 5.74) is -0.608. The molecule has 0 radical (unpaired) electrons. The average molecular weight is 509 g/mol. The van der Waals surface area contributed by atoms with Crippen LogP contribution in [-0.2, 0) is 20.5 Å². The molecule has 4 rings (SSSR count). The van der Waals surface area contributed by atoms with Crippen molar-refractivity contribution in [1.82, 2.24) is 10.2 Å². The Balaban J connectivity index is 1.54. The SMILES string of the molecule is COC(=O)C1CNCCN1C(=O)/C=C/c1ccc(Sc2ccc3c(c2)OCCO3)c(C(F)(F)F)c1. The molecule has 11 heteroatoms. The van der Waals surface area contributed by atoms with Gasteiger partial charge in [0.2, 0.25) is 5.91 Å². The Bertz CT molecular complexity index is 1140. The molecule has 186 valence electrons. The Morgan fingerprint density at radius 1 is 1.14 bits per heavy atom. The van der Waals surface area contributed by atoms with Crippen LogP contribution in [0.1, 0.15) is 11.1 Å². The van der Waals surface area contributed by atoms with Gasteiger partial charge in [0.15, 0.2) is 11.5 Å². The van der Waals surface area contributed by atoms with Gasteiger partial charge in [-0.1, -0.05) is 17.8 Å². The Hall–Kier alpha value is -3.18. The van der Waals surface area contributed by atoms with Crippen LogP contribution in [0.25, 0.3) is 6.08 Å². The van der Waals surface area contributed by atoms with Gasteiger partial charge < -0.3 is 24.4 Å². The monoisotopic (exact) mass is 508 g/mol. The number of ether oxygens (including phenoxy) is 3. The molecule has 2 heterocycles. The normalized spacial score (nSPS) is 17.9. The number of alkyl halides is 3. The number of nitrogens with zero attached hydrogens (tertiary/aromatic N) is 1. The van der Waals surface area contributed by atoms with Gasteiger partial charge in [-0.05, 0) is 42.0 Å². The number of carbonyl (C=O) groups is 2. The van der Waals surface area contributed by atoms with E-state index >= 15 is 0 Å². The van der Waals surface area contributed by atoms with Crippen molar-refractivity contribution in [2.45, 2.75) is 22.0 Å². The maximum Gasteiger partial charge on any atom is 0.417 e. The van der Waals surface area contributed by atoms with E-state index < -0.39 is 29.7 Å². The van der Waals surface area contributed by atoms with Crippen LogP contribution in [0.4, 0.5) is 13.2 Å². The zero-order valence-electron chi connectivity index (χ0n) is 18.8. The Morgan fingerprint density at radius 2 is 1.91 bits per heavy atom. The quantitative estimate of drug-likeness (QED) is 0.489. The molecule has 1 N–H and O–H groups in total. The molecule has 1 amide bonds. The first-order chi connectivity index (χ1) is 16.8. The number of benzene rings is 2. The molecule has 1 saturated heterocycles. The zero-order chi connectivity index (χ0) is 25.0. The fourth-order valence-corrected chi connectivity index (χ4v) is 4.73. The third-order valence-electron chi connectivity index (χ3n) is 5.47. The van der Waals surface area contributed by atoms with Gasteiger partial charge in [0.1, 0.15) is 19.3 Å². The molecule has 1 fully saturated rings. The van der Waals surface area contributed by atoms with Gasteiger partial charge in [-0.15, -0.1) is 0 Å². The number of esters is 1. The summed E-state index contributed by atoms with van der Waals surface area (Å²) >= 11 is 0.963. The third kappa shape index (κ3) is 5.91. The highest BCUT2D eigenvalue weighted by molar-refractivity contribution is 7.99. The van der Waals surface area contributed by atoms with Crippen molar-refractivity contribution in [3.05, 3.63) is 53.6 Å². The number of nitrogens with one attached hydrogen (secondary N) is 1. The molecule has 0 aliphatic carbocycles. The van der Waals surface area contributed by atoms with Crippen LogP contribution in [0.15, 0.2) is 52.3 Å². The van der Waals surface area contributed by atoms with Crippen LogP contribution >= 0.6 is 11.8 Å². The second kappa shape index (κ2) is 10.6. The summed E-state index contributed by atoms with van der Waals surface area (Å²) in [6, 6.07) is 8.09. The van der Waals surface area contributed by atoms with Crippen LogP contribution in [0.2, 0.25) is 0 Å². The Kier molecular flexibility index (Phi) is 7.56. The summed E-state index contributed by atoms with van der Waals surface area (Å²) in [6.45, 7) is 1.82. The lowest BCUT2D eigenvalue weighted by Crippen LogP contribution is -2.56. The van der Waals surface area contributed by atoms with Crippen LogP contribution in [-0.4, -0.2) is 62.8 Å². The predicted molar refractivity (Wildman–Crippen MR) is 122 cm³/mol. The molecule has 2 aliphatic heterocycles. The van der Waals surface area contributed by atoms with Crippen LogP contribution < -0.4 is 14.8 Å². The number of hydrogen-bond donors (Lipinski definition) is 1. The number of methoxy groups -OCH3 is 1. The highest BCUT2D eigenvalue weighted by atomic mass is 32.2. The van der Waals surface area contributed by atoms with E-state index in [1.807, 2.05) is 0 Å². The first kappa shape index (κ1) is 24.9. The molecule has 7 nitrogen and oxygen atoms in total. The lowest BCUT2D eigenvalue weighted by molar-refractivity contribution is -0.152. The molecule has 0 aromatic heterocycles. The van der Waals surface area contributed by atoms with Crippen molar-refractivity contribution in [2.75, 3.05) is 40.0 Å². The standard InChI is InChI=1S/C24H23F3N2O5S/c1-32-23(31)18-14-28-8-9-29(18)22(30)7-3-15-2-6-21(17(12-15)24(25,26)27)35-16-4-5-19-20(13-16)34-11-10-33-19/h2-7,12-13,18,28H,8-11,14H2,1H3/b7-3+. The summed E-state index contributed by atoms with van der Waals surface area (Å²) in [7, 11) is 1.23. The average Bonchev–Trinajstić information content (AvgIpc) is 2.86. The van der Waals surface area contributed by atoms with Crippen molar-refractivity contribution in [1.29, 1.82) is 0 Å². The first-order valence-electron chi connectivity index (χ1n) is 10.8. The van der Waals surface area contributed by atoms with Gasteiger partial charge in [-0.25, -0.2) is 4.79 Å². The summed E-state index contributed by atoms with van der Waals surface area (Å²) in [4.78, 5) is 26.6. The fraction of sp³-hybridized carbons (Fsp3) is 0.333. The summed E-state index contributed by atoms with van der Waals surface area (Å²) in [5.74, 6) is 0.00998. The van der Waals surface area contributed by atoms with Gasteiger partial charge in [-0.2, -0.15) is 13.2 Å². The molecule has 0 bridgehead atoms. The molecule has 2 aromatic carbocycles. The zero-order valence-corrected chi connectivity index (χ0v) is 19.6. The lowest BCUT2D eigenvalue weighted by Gasteiger charge is -2.33. The van der Waals surface area contributed by atoms with Gasteiger partial charge in [0.25, 0.3) is 0 Å². The van der Waals surface area contributed by atoms with Crippen LogP contribution in [0, 0.1) is 0 Å². The molecular weight excluding hydrogens is 485 g/mol. The summed E-state index contributed by atoms with van der Waals surface area (Å²) < 4.78 is 57.3. The van der Waals surface area contributed by atoms with Crippen molar-refractivity contribution in [3.63, 3.8) is 0 Å². The number of rotatable bonds is 5. The fourth-order valence-electron chi connectivity index (χ4n) is 3.75. The number of amides is 1. The second-order valence-corrected chi connectivity index (χ2v) is 8.88. The molecule has 0 saturated carbocycles. The molecule has 1 unspecified atom stereocenters. The Labute approximate surface area is 204 Å². The number of hydrogen-bond acceptors (Lipinski definition) is 7. The predicted octanol–water partition coefficient (Wildman–Crippen LogP) is 3.61. The van der Waals surface area contributed by atoms with E-state index in [4.69, 9.17) is 14.2 Å². The highest BCUT2D eigenvalue weighted by Gasteiger charge is 2.34. The molecule has 1 atom stereocenters. The van der Waals surface area contributed by atoms with Gasteiger partial charge in [-0.3, -0.25) is 4.79 Å². The van der Waals surface area contributed by atoms with E-state index in [2.05, 4.69) is 5.32 Å². The van der Waals surface area contributed by atoms with Crippen molar-refractivity contribution >= 4 is 29.7 Å². The van der Waals surface area contributed by atoms with Crippen molar-refractivity contribution < 1.29 is 37.0 Å². The van der Waals surface area contributed by atoms with Crippen molar-refractivity contribution in [3.8, 4) is 11.5 Å². The Morgan fingerprint density at radius 3 is 2.66 bits per heavy atom.